The monoisotopic (exact) mass is 159 g/mol. The first-order chi connectivity index (χ1) is 4.34. The number of nitrogens with two attached hydrogens (primary N) is 1. The van der Waals surface area contributed by atoms with E-state index in [-0.39, 0.29) is 0 Å². The average molecular weight is 159 g/mol. The molecular weight excluding hydrogens is 150 g/mol. The Morgan fingerprint density at radius 1 is 1.78 bits per heavy atom. The minimum atomic E-state index is 1.03. The molecule has 0 bridgehead atoms. The van der Waals surface area contributed by atoms with Crippen LogP contribution < -0.4 is 5.73 Å². The van der Waals surface area contributed by atoms with Gasteiger partial charge in [0.1, 0.15) is 0 Å². The van der Waals surface area contributed by atoms with Crippen molar-refractivity contribution in [3.63, 3.8) is 0 Å². The summed E-state index contributed by atoms with van der Waals surface area (Å²) >= 11 is 3.45. The lowest BCUT2D eigenvalue weighted by Gasteiger charge is -1.94. The molecule has 0 amide bonds. The molecule has 1 nitrogen and oxygen atoms in total. The van der Waals surface area contributed by atoms with Crippen molar-refractivity contribution in [1.29, 1.82) is 0 Å². The third kappa shape index (κ3) is 1.69. The third-order valence-electron chi connectivity index (χ3n) is 1.06. The van der Waals surface area contributed by atoms with E-state index < -0.39 is 0 Å². The highest BCUT2D eigenvalue weighted by molar-refractivity contribution is 8.23. The summed E-state index contributed by atoms with van der Waals surface area (Å²) in [5, 5.41) is 1.82. The van der Waals surface area contributed by atoms with Crippen LogP contribution in [-0.4, -0.2) is 5.75 Å². The van der Waals surface area contributed by atoms with Gasteiger partial charge < -0.3 is 5.73 Å². The summed E-state index contributed by atoms with van der Waals surface area (Å²) in [6.45, 7) is 3.62. The smallest absolute Gasteiger partial charge is 0.0632 e. The Morgan fingerprint density at radius 2 is 2.56 bits per heavy atom. The van der Waals surface area contributed by atoms with Crippen LogP contribution in [-0.2, 0) is 0 Å². The molecule has 3 heteroatoms. The van der Waals surface area contributed by atoms with Crippen LogP contribution in [0.5, 0.6) is 0 Å². The Bertz CT molecular complexity index is 151. The number of hydrogen-bond donors (Lipinski definition) is 1. The van der Waals surface area contributed by atoms with Crippen molar-refractivity contribution in [3.8, 4) is 0 Å². The highest BCUT2D eigenvalue weighted by atomic mass is 32.2. The van der Waals surface area contributed by atoms with Crippen LogP contribution in [0.1, 0.15) is 6.42 Å². The minimum Gasteiger partial charge on any atom is -0.401 e. The predicted molar refractivity (Wildman–Crippen MR) is 46.1 cm³/mol. The van der Waals surface area contributed by atoms with Gasteiger partial charge in [0.2, 0.25) is 0 Å². The van der Waals surface area contributed by atoms with Gasteiger partial charge in [-0.25, -0.2) is 0 Å². The van der Waals surface area contributed by atoms with Crippen LogP contribution in [0.15, 0.2) is 21.9 Å². The normalized spacial score (nSPS) is 18.7. The van der Waals surface area contributed by atoms with Gasteiger partial charge in [-0.3, -0.25) is 0 Å². The van der Waals surface area contributed by atoms with E-state index in [0.29, 0.717) is 0 Å². The SMILES string of the molecule is C=CSC1=C(N)CCS1. The molecule has 0 aromatic carbocycles. The van der Waals surface area contributed by atoms with Gasteiger partial charge in [-0.15, -0.1) is 11.8 Å². The molecule has 50 valence electrons. The average Bonchev–Trinajstić information content (AvgIpc) is 2.18. The van der Waals surface area contributed by atoms with E-state index in [1.54, 1.807) is 11.8 Å². The van der Waals surface area contributed by atoms with E-state index in [1.807, 2.05) is 17.2 Å². The van der Waals surface area contributed by atoms with Crippen LogP contribution in [0, 0.1) is 0 Å². The molecule has 0 saturated heterocycles. The summed E-state index contributed by atoms with van der Waals surface area (Å²) in [7, 11) is 0. The Morgan fingerprint density at radius 3 is 3.00 bits per heavy atom. The molecule has 0 saturated carbocycles. The van der Waals surface area contributed by atoms with Crippen molar-refractivity contribution >= 4 is 23.5 Å². The van der Waals surface area contributed by atoms with Crippen molar-refractivity contribution in [1.82, 2.24) is 0 Å². The van der Waals surface area contributed by atoms with E-state index in [9.17, 15) is 0 Å². The lowest BCUT2D eigenvalue weighted by molar-refractivity contribution is 1.11. The lowest BCUT2D eigenvalue weighted by atomic mass is 10.4. The van der Waals surface area contributed by atoms with Gasteiger partial charge in [0.25, 0.3) is 0 Å². The topological polar surface area (TPSA) is 26.0 Å². The zero-order chi connectivity index (χ0) is 6.69. The number of hydrogen-bond acceptors (Lipinski definition) is 3. The molecule has 1 aliphatic heterocycles. The van der Waals surface area contributed by atoms with Crippen LogP contribution in [0.3, 0.4) is 0 Å². The second kappa shape index (κ2) is 3.22. The summed E-state index contributed by atoms with van der Waals surface area (Å²) in [6, 6.07) is 0. The van der Waals surface area contributed by atoms with Gasteiger partial charge in [0.05, 0.1) is 4.24 Å². The molecule has 1 rings (SSSR count). The molecule has 0 spiro atoms. The van der Waals surface area contributed by atoms with Gasteiger partial charge in [-0.05, 0) is 11.8 Å². The maximum absolute atomic E-state index is 5.66. The molecule has 0 aromatic rings. The molecule has 1 heterocycles. The van der Waals surface area contributed by atoms with E-state index in [2.05, 4.69) is 6.58 Å². The summed E-state index contributed by atoms with van der Waals surface area (Å²) in [5.74, 6) is 1.14. The minimum absolute atomic E-state index is 1.03. The van der Waals surface area contributed by atoms with Crippen molar-refractivity contribution in [2.45, 2.75) is 6.42 Å². The number of allylic oxidation sites excluding steroid dienone is 1. The fraction of sp³-hybridized carbons (Fsp3) is 0.333. The highest BCUT2D eigenvalue weighted by Gasteiger charge is 2.10. The van der Waals surface area contributed by atoms with E-state index in [0.717, 1.165) is 17.9 Å². The Kier molecular flexibility index (Phi) is 2.54. The Labute approximate surface area is 63.8 Å². The molecule has 0 fully saturated rings. The third-order valence-corrected chi connectivity index (χ3v) is 3.27. The summed E-state index contributed by atoms with van der Waals surface area (Å²) in [5.41, 5.74) is 6.69. The van der Waals surface area contributed by atoms with Gasteiger partial charge in [0.15, 0.2) is 0 Å². The largest absolute Gasteiger partial charge is 0.401 e. The first-order valence-electron chi connectivity index (χ1n) is 2.73. The van der Waals surface area contributed by atoms with Crippen LogP contribution in [0.25, 0.3) is 0 Å². The summed E-state index contributed by atoms with van der Waals surface area (Å²) in [6.07, 6.45) is 1.04. The van der Waals surface area contributed by atoms with E-state index in [4.69, 9.17) is 5.73 Å². The number of thioether (sulfide) groups is 2. The van der Waals surface area contributed by atoms with Gasteiger partial charge in [-0.2, -0.15) is 0 Å². The maximum atomic E-state index is 5.66. The molecule has 0 unspecified atom stereocenters. The number of rotatable bonds is 2. The Balaban J connectivity index is 2.54. The van der Waals surface area contributed by atoms with Crippen LogP contribution >= 0.6 is 23.5 Å². The molecule has 0 aromatic heterocycles. The highest BCUT2D eigenvalue weighted by Crippen LogP contribution is 2.37. The van der Waals surface area contributed by atoms with E-state index >= 15 is 0 Å². The summed E-state index contributed by atoms with van der Waals surface area (Å²) < 4.78 is 1.24. The molecule has 9 heavy (non-hydrogen) atoms. The van der Waals surface area contributed by atoms with E-state index in [1.165, 1.54) is 4.24 Å². The van der Waals surface area contributed by atoms with Crippen molar-refractivity contribution < 1.29 is 0 Å². The van der Waals surface area contributed by atoms with Gasteiger partial charge in [-0.1, -0.05) is 18.3 Å². The fourth-order valence-electron chi connectivity index (χ4n) is 0.634. The van der Waals surface area contributed by atoms with Gasteiger partial charge in [0, 0.05) is 11.4 Å². The second-order valence-electron chi connectivity index (χ2n) is 1.70. The molecule has 0 aliphatic carbocycles. The zero-order valence-electron chi connectivity index (χ0n) is 5.09. The second-order valence-corrected chi connectivity index (χ2v) is 4.04. The van der Waals surface area contributed by atoms with Crippen molar-refractivity contribution in [2.24, 2.45) is 5.73 Å². The lowest BCUT2D eigenvalue weighted by Crippen LogP contribution is -1.93. The maximum Gasteiger partial charge on any atom is 0.0632 e. The first kappa shape index (κ1) is 7.09. The zero-order valence-corrected chi connectivity index (χ0v) is 6.73. The quantitative estimate of drug-likeness (QED) is 0.668. The molecular formula is C6H9NS2. The molecule has 0 atom stereocenters. The summed E-state index contributed by atoms with van der Waals surface area (Å²) in [4.78, 5) is 0. The van der Waals surface area contributed by atoms with Crippen molar-refractivity contribution in [2.75, 3.05) is 5.75 Å². The first-order valence-corrected chi connectivity index (χ1v) is 4.60. The fourth-order valence-corrected chi connectivity index (χ4v) is 2.56. The van der Waals surface area contributed by atoms with Crippen molar-refractivity contribution in [3.05, 3.63) is 21.9 Å². The molecule has 1 aliphatic rings. The predicted octanol–water partition coefficient (Wildman–Crippen LogP) is 2.13. The standard InChI is InChI=1S/C6H9NS2/c1-2-8-6-5(7)3-4-9-6/h2H,1,3-4,7H2. The van der Waals surface area contributed by atoms with Crippen LogP contribution in [0.4, 0.5) is 0 Å². The molecule has 2 N–H and O–H groups in total. The molecule has 0 radical (unpaired) electrons. The van der Waals surface area contributed by atoms with Crippen LogP contribution in [0.2, 0.25) is 0 Å². The Hall–Kier alpha value is -0.0200. The van der Waals surface area contributed by atoms with Gasteiger partial charge >= 0.3 is 0 Å².